The Morgan fingerprint density at radius 1 is 0.931 bits per heavy atom. The van der Waals surface area contributed by atoms with Crippen molar-refractivity contribution in [3.63, 3.8) is 0 Å². The molecular weight excluding hydrogens is 390 g/mol. The summed E-state index contributed by atoms with van der Waals surface area (Å²) < 4.78 is 13.8. The van der Waals surface area contributed by atoms with Gasteiger partial charge in [-0.2, -0.15) is 13.8 Å². The lowest BCUT2D eigenvalue weighted by atomic mass is 10.1. The summed E-state index contributed by atoms with van der Waals surface area (Å²) in [5.74, 6) is 0.892. The third kappa shape index (κ3) is 3.73. The number of anilines is 2. The molecule has 3 aromatic rings. The number of hydrogen-bond acceptors (Lipinski definition) is 9. The summed E-state index contributed by atoms with van der Waals surface area (Å²) >= 11 is 1.16. The molecule has 4 heterocycles. The summed E-state index contributed by atoms with van der Waals surface area (Å²) in [4.78, 5) is 19.2. The average Bonchev–Trinajstić information content (AvgIpc) is 3.27. The fraction of sp³-hybridized carbons (Fsp3) is 0.421. The summed E-state index contributed by atoms with van der Waals surface area (Å²) in [5.41, 5.74) is 3.33. The minimum absolute atomic E-state index is 0.0349. The molecule has 0 radical (unpaired) electrons. The number of piperazine rings is 1. The van der Waals surface area contributed by atoms with Gasteiger partial charge in [0, 0.05) is 50.9 Å². The largest absolute Gasteiger partial charge is 0.378 e. The second-order valence-corrected chi connectivity index (χ2v) is 7.65. The predicted molar refractivity (Wildman–Crippen MR) is 111 cm³/mol. The molecule has 2 aliphatic heterocycles. The zero-order valence-electron chi connectivity index (χ0n) is 15.9. The first kappa shape index (κ1) is 18.2. The average molecular weight is 411 g/mol. The van der Waals surface area contributed by atoms with Crippen LogP contribution in [-0.2, 0) is 4.74 Å². The number of aromatic nitrogens is 4. The molecule has 150 valence electrons. The van der Waals surface area contributed by atoms with Gasteiger partial charge < -0.3 is 19.4 Å². The van der Waals surface area contributed by atoms with Gasteiger partial charge in [-0.25, -0.2) is 0 Å². The molecule has 2 fully saturated rings. The van der Waals surface area contributed by atoms with Crippen LogP contribution in [0.25, 0.3) is 11.0 Å². The van der Waals surface area contributed by atoms with E-state index < -0.39 is 0 Å². The Kier molecular flexibility index (Phi) is 4.94. The second kappa shape index (κ2) is 7.88. The topological polar surface area (TPSA) is 87.6 Å². The first-order valence-electron chi connectivity index (χ1n) is 9.70. The van der Waals surface area contributed by atoms with Crippen molar-refractivity contribution in [3.8, 4) is 0 Å². The molecule has 9 nitrogen and oxygen atoms in total. The number of amides is 1. The number of carbonyl (C=O) groups excluding carboxylic acids is 1. The number of rotatable bonds is 3. The van der Waals surface area contributed by atoms with Crippen molar-refractivity contribution >= 4 is 40.2 Å². The molecule has 29 heavy (non-hydrogen) atoms. The molecule has 0 spiro atoms. The Balaban J connectivity index is 1.24. The minimum Gasteiger partial charge on any atom is -0.378 e. The lowest BCUT2D eigenvalue weighted by Gasteiger charge is -2.36. The van der Waals surface area contributed by atoms with E-state index in [1.807, 2.05) is 23.1 Å². The van der Waals surface area contributed by atoms with Crippen LogP contribution in [0.3, 0.4) is 0 Å². The van der Waals surface area contributed by atoms with Gasteiger partial charge in [0.25, 0.3) is 5.91 Å². The second-order valence-electron chi connectivity index (χ2n) is 7.12. The molecular formula is C19H21N7O2S. The van der Waals surface area contributed by atoms with Crippen molar-refractivity contribution in [1.82, 2.24) is 23.8 Å². The van der Waals surface area contributed by atoms with E-state index >= 15 is 0 Å². The highest BCUT2D eigenvalue weighted by Gasteiger charge is 2.24. The van der Waals surface area contributed by atoms with Gasteiger partial charge in [-0.3, -0.25) is 4.79 Å². The van der Waals surface area contributed by atoms with Crippen molar-refractivity contribution in [2.75, 3.05) is 62.3 Å². The van der Waals surface area contributed by atoms with Crippen molar-refractivity contribution in [3.05, 3.63) is 36.0 Å². The molecule has 2 aromatic heterocycles. The van der Waals surface area contributed by atoms with E-state index in [4.69, 9.17) is 4.74 Å². The van der Waals surface area contributed by atoms with Gasteiger partial charge >= 0.3 is 0 Å². The first-order valence-corrected chi connectivity index (χ1v) is 10.4. The van der Waals surface area contributed by atoms with Gasteiger partial charge in [0.15, 0.2) is 5.82 Å². The van der Waals surface area contributed by atoms with Crippen molar-refractivity contribution < 1.29 is 9.53 Å². The van der Waals surface area contributed by atoms with E-state index in [-0.39, 0.29) is 5.91 Å². The standard InChI is InChI=1S/C19H21N7O2S/c27-19(14-1-2-16-17(11-14)23-29-22-16)26-5-3-25(4-6-26)18-12-15(13-20-21-18)24-7-9-28-10-8-24/h1-2,11-13H,3-10H2. The molecule has 0 N–H and O–H groups in total. The van der Waals surface area contributed by atoms with Gasteiger partial charge in [-0.15, -0.1) is 5.10 Å². The number of nitrogens with zero attached hydrogens (tertiary/aromatic N) is 7. The molecule has 0 unspecified atom stereocenters. The van der Waals surface area contributed by atoms with Crippen LogP contribution in [0.2, 0.25) is 0 Å². The summed E-state index contributed by atoms with van der Waals surface area (Å²) in [6, 6.07) is 7.59. The Labute approximate surface area is 172 Å². The number of carbonyl (C=O) groups is 1. The summed E-state index contributed by atoms with van der Waals surface area (Å²) in [6.07, 6.45) is 1.80. The Morgan fingerprint density at radius 3 is 2.55 bits per heavy atom. The lowest BCUT2D eigenvalue weighted by molar-refractivity contribution is 0.0746. The quantitative estimate of drug-likeness (QED) is 0.637. The summed E-state index contributed by atoms with van der Waals surface area (Å²) in [5, 5.41) is 8.51. The van der Waals surface area contributed by atoms with E-state index in [1.165, 1.54) is 0 Å². The maximum absolute atomic E-state index is 12.9. The number of morpholine rings is 1. The number of hydrogen-bond donors (Lipinski definition) is 0. The number of ether oxygens (including phenoxy) is 1. The Bertz CT molecular complexity index is 1010. The zero-order valence-corrected chi connectivity index (χ0v) is 16.7. The van der Waals surface area contributed by atoms with Crippen LogP contribution in [0, 0.1) is 0 Å². The third-order valence-electron chi connectivity index (χ3n) is 5.40. The fourth-order valence-corrected chi connectivity index (χ4v) is 4.25. The fourth-order valence-electron chi connectivity index (χ4n) is 3.73. The monoisotopic (exact) mass is 411 g/mol. The lowest BCUT2D eigenvalue weighted by Crippen LogP contribution is -2.49. The normalized spacial score (nSPS) is 17.7. The van der Waals surface area contributed by atoms with E-state index in [9.17, 15) is 4.79 Å². The van der Waals surface area contributed by atoms with Crippen LogP contribution in [0.1, 0.15) is 10.4 Å². The van der Waals surface area contributed by atoms with Gasteiger partial charge in [-0.05, 0) is 18.2 Å². The molecule has 2 aliphatic rings. The Morgan fingerprint density at radius 2 is 1.72 bits per heavy atom. The minimum atomic E-state index is 0.0349. The van der Waals surface area contributed by atoms with Crippen LogP contribution < -0.4 is 9.80 Å². The van der Waals surface area contributed by atoms with Crippen LogP contribution in [0.5, 0.6) is 0 Å². The van der Waals surface area contributed by atoms with Crippen LogP contribution in [-0.4, -0.2) is 82.2 Å². The van der Waals surface area contributed by atoms with Gasteiger partial charge in [0.2, 0.25) is 0 Å². The molecule has 0 saturated carbocycles. The van der Waals surface area contributed by atoms with E-state index in [0.717, 1.165) is 73.7 Å². The van der Waals surface area contributed by atoms with Gasteiger partial charge in [-0.1, -0.05) is 0 Å². The predicted octanol–water partition coefficient (Wildman–Crippen LogP) is 1.28. The molecule has 0 atom stereocenters. The SMILES string of the molecule is O=C(c1ccc2nsnc2c1)N1CCN(c2cc(N3CCOCC3)cnn2)CC1. The summed E-state index contributed by atoms with van der Waals surface area (Å²) in [7, 11) is 0. The molecule has 1 amide bonds. The highest BCUT2D eigenvalue weighted by molar-refractivity contribution is 7.00. The molecule has 5 rings (SSSR count). The van der Waals surface area contributed by atoms with Crippen molar-refractivity contribution in [2.24, 2.45) is 0 Å². The molecule has 1 aromatic carbocycles. The highest BCUT2D eigenvalue weighted by Crippen LogP contribution is 2.22. The summed E-state index contributed by atoms with van der Waals surface area (Å²) in [6.45, 7) is 5.97. The third-order valence-corrected chi connectivity index (χ3v) is 5.95. The first-order chi connectivity index (χ1) is 14.3. The smallest absolute Gasteiger partial charge is 0.254 e. The van der Waals surface area contributed by atoms with Crippen molar-refractivity contribution in [2.45, 2.75) is 0 Å². The zero-order chi connectivity index (χ0) is 19.6. The van der Waals surface area contributed by atoms with Crippen LogP contribution in [0.15, 0.2) is 30.5 Å². The van der Waals surface area contributed by atoms with Gasteiger partial charge in [0.05, 0.1) is 36.8 Å². The number of fused-ring (bicyclic) bond motifs is 1. The Hall–Kier alpha value is -2.85. The molecule has 10 heteroatoms. The molecule has 0 aliphatic carbocycles. The van der Waals surface area contributed by atoms with Crippen molar-refractivity contribution in [1.29, 1.82) is 0 Å². The van der Waals surface area contributed by atoms with Gasteiger partial charge in [0.1, 0.15) is 11.0 Å². The molecule has 0 bridgehead atoms. The highest BCUT2D eigenvalue weighted by atomic mass is 32.1. The van der Waals surface area contributed by atoms with E-state index in [1.54, 1.807) is 6.20 Å². The van der Waals surface area contributed by atoms with Crippen LogP contribution >= 0.6 is 11.7 Å². The number of benzene rings is 1. The molecule has 2 saturated heterocycles. The maximum atomic E-state index is 12.9. The van der Waals surface area contributed by atoms with E-state index in [0.29, 0.717) is 18.7 Å². The van der Waals surface area contributed by atoms with Crippen LogP contribution in [0.4, 0.5) is 11.5 Å². The van der Waals surface area contributed by atoms with E-state index in [2.05, 4.69) is 34.8 Å². The maximum Gasteiger partial charge on any atom is 0.254 e.